The van der Waals surface area contributed by atoms with Gasteiger partial charge in [0.05, 0.1) is 25.7 Å². The third-order valence-corrected chi connectivity index (χ3v) is 6.63. The molecule has 13 nitrogen and oxygen atoms in total. The Morgan fingerprint density at radius 3 is 2.36 bits per heavy atom. The lowest BCUT2D eigenvalue weighted by Crippen LogP contribution is -2.31. The fraction of sp³-hybridized carbons (Fsp3) is 0.133. The van der Waals surface area contributed by atoms with Crippen LogP contribution in [0.4, 0.5) is 22.4 Å². The Morgan fingerprint density at radius 1 is 0.867 bits per heavy atom. The molecule has 5 rings (SSSR count). The first-order valence-electron chi connectivity index (χ1n) is 13.4. The van der Waals surface area contributed by atoms with E-state index < -0.39 is 11.7 Å². The number of halogens is 1. The largest absolute Gasteiger partial charge is 0.493 e. The summed E-state index contributed by atoms with van der Waals surface area (Å²) in [4.78, 5) is 37.6. The number of para-hydroxylation sites is 1. The topological polar surface area (TPSA) is 162 Å². The lowest BCUT2D eigenvalue weighted by molar-refractivity contribution is 0.262. The summed E-state index contributed by atoms with van der Waals surface area (Å²) in [6.45, 7) is 0.468. The summed E-state index contributed by atoms with van der Waals surface area (Å²) in [5.41, 5.74) is 1.17. The van der Waals surface area contributed by atoms with Gasteiger partial charge in [-0.1, -0.05) is 29.8 Å². The van der Waals surface area contributed by atoms with E-state index in [1.165, 1.54) is 6.07 Å². The highest BCUT2D eigenvalue weighted by atomic mass is 35.5. The van der Waals surface area contributed by atoms with E-state index in [1.807, 2.05) is 18.2 Å². The molecule has 0 radical (unpaired) electrons. The third-order valence-electron chi connectivity index (χ3n) is 6.13. The number of carbonyl (C=O) groups is 1. The first-order chi connectivity index (χ1) is 21.8. The van der Waals surface area contributed by atoms with Gasteiger partial charge < -0.3 is 34.6 Å². The van der Waals surface area contributed by atoms with Crippen molar-refractivity contribution in [3.63, 3.8) is 0 Å². The van der Waals surface area contributed by atoms with Crippen LogP contribution in [0.2, 0.25) is 5.02 Å². The minimum absolute atomic E-state index is 0.0299. The van der Waals surface area contributed by atoms with Crippen LogP contribution in [0.25, 0.3) is 11.0 Å². The van der Waals surface area contributed by atoms with E-state index in [1.54, 1.807) is 62.8 Å². The average Bonchev–Trinajstić information content (AvgIpc) is 3.02. The van der Waals surface area contributed by atoms with Crippen LogP contribution < -0.4 is 41.1 Å². The average molecular weight is 648 g/mol. The molecule has 0 bridgehead atoms. The van der Waals surface area contributed by atoms with Crippen LogP contribution in [0.5, 0.6) is 23.3 Å². The van der Waals surface area contributed by atoms with E-state index in [9.17, 15) is 9.59 Å². The zero-order valence-corrected chi connectivity index (χ0v) is 25.5. The molecule has 3 aromatic carbocycles. The molecule has 0 aliphatic heterocycles. The van der Waals surface area contributed by atoms with Crippen molar-refractivity contribution in [1.29, 1.82) is 0 Å². The number of hydrogen-bond acceptors (Lipinski definition) is 10. The predicted octanol–water partition coefficient (Wildman–Crippen LogP) is 5.61. The van der Waals surface area contributed by atoms with E-state index in [0.29, 0.717) is 46.1 Å². The summed E-state index contributed by atoms with van der Waals surface area (Å²) >= 11 is 11.4. The van der Waals surface area contributed by atoms with E-state index in [0.717, 1.165) is 5.56 Å². The Kier molecular flexibility index (Phi) is 9.87. The van der Waals surface area contributed by atoms with Crippen molar-refractivity contribution in [1.82, 2.24) is 20.3 Å². The molecule has 0 atom stereocenters. The highest BCUT2D eigenvalue weighted by molar-refractivity contribution is 7.80. The fourth-order valence-electron chi connectivity index (χ4n) is 4.08. The van der Waals surface area contributed by atoms with Gasteiger partial charge >= 0.3 is 17.7 Å². The van der Waals surface area contributed by atoms with Crippen LogP contribution >= 0.6 is 23.8 Å². The highest BCUT2D eigenvalue weighted by Crippen LogP contribution is 2.29. The van der Waals surface area contributed by atoms with Crippen LogP contribution in [0.15, 0.2) is 82.0 Å². The Bertz CT molecular complexity index is 1910. The number of urea groups is 1. The Labute approximate surface area is 266 Å². The molecule has 4 N–H and O–H groups in total. The number of aromatic nitrogens is 3. The number of thiocarbonyl (C=S) groups is 1. The number of amides is 2. The summed E-state index contributed by atoms with van der Waals surface area (Å²) in [6, 6.07) is 19.3. The molecule has 230 valence electrons. The molecule has 2 heterocycles. The van der Waals surface area contributed by atoms with E-state index >= 15 is 0 Å². The number of rotatable bonds is 10. The van der Waals surface area contributed by atoms with Crippen molar-refractivity contribution < 1.29 is 23.4 Å². The number of carbonyl (C=O) groups excluding carboxylic acids is 1. The van der Waals surface area contributed by atoms with Gasteiger partial charge in [-0.2, -0.15) is 15.0 Å². The van der Waals surface area contributed by atoms with Crippen LogP contribution in [0.1, 0.15) is 5.56 Å². The summed E-state index contributed by atoms with van der Waals surface area (Å²) < 4.78 is 21.8. The molecular formula is C30H26ClN7O6S. The first-order valence-corrected chi connectivity index (χ1v) is 14.1. The number of fused-ring (bicyclic) bond motifs is 1. The lowest BCUT2D eigenvalue weighted by atomic mass is 10.1. The van der Waals surface area contributed by atoms with Gasteiger partial charge in [-0.05, 0) is 72.7 Å². The first kappa shape index (κ1) is 31.0. The molecule has 0 unspecified atom stereocenters. The van der Waals surface area contributed by atoms with Gasteiger partial charge in [0.2, 0.25) is 11.9 Å². The number of methoxy groups -OCH3 is 2. The smallest absolute Gasteiger partial charge is 0.339 e. The molecule has 45 heavy (non-hydrogen) atoms. The standard InChI is InChI=1S/C30H26ClN7O6S/c1-41-22-12-7-17(15-24(22)42-2)13-14-32-30(45)38-27-34-26(35-28(40)33-19-10-8-18(31)9-11-19)36-29(37-27)44-23-16-25(39)43-21-6-4-3-5-20(21)23/h3-12,15-16H,13-14H2,1-2H3,(H4,32,33,34,35,36,37,38,40,45). The molecule has 2 amide bonds. The minimum Gasteiger partial charge on any atom is -0.493 e. The van der Waals surface area contributed by atoms with Crippen molar-refractivity contribution in [3.8, 4) is 23.3 Å². The normalized spacial score (nSPS) is 10.6. The molecule has 15 heteroatoms. The zero-order chi connectivity index (χ0) is 31.8. The van der Waals surface area contributed by atoms with Gasteiger partial charge in [-0.25, -0.2) is 9.59 Å². The fourth-order valence-corrected chi connectivity index (χ4v) is 4.40. The SMILES string of the molecule is COc1ccc(CCNC(=S)Nc2nc(NC(=O)Nc3ccc(Cl)cc3)nc(Oc3cc(=O)oc4ccccc34)n2)cc1OC. The van der Waals surface area contributed by atoms with Crippen LogP contribution in [0.3, 0.4) is 0 Å². The molecule has 0 saturated carbocycles. The molecule has 0 saturated heterocycles. The van der Waals surface area contributed by atoms with E-state index in [-0.39, 0.29) is 28.8 Å². The second-order valence-electron chi connectivity index (χ2n) is 9.20. The number of anilines is 3. The number of nitrogens with one attached hydrogen (secondary N) is 4. The second-order valence-corrected chi connectivity index (χ2v) is 10.0. The predicted molar refractivity (Wildman–Crippen MR) is 174 cm³/mol. The van der Waals surface area contributed by atoms with E-state index in [2.05, 4.69) is 36.2 Å². The molecular weight excluding hydrogens is 622 g/mol. The Morgan fingerprint density at radius 2 is 1.60 bits per heavy atom. The van der Waals surface area contributed by atoms with Crippen molar-refractivity contribution in [2.75, 3.05) is 36.7 Å². The van der Waals surface area contributed by atoms with Crippen molar-refractivity contribution >= 4 is 63.5 Å². The summed E-state index contributed by atoms with van der Waals surface area (Å²) in [5.74, 6) is 1.21. The number of nitrogens with zero attached hydrogens (tertiary/aromatic N) is 3. The maximum Gasteiger partial charge on any atom is 0.339 e. The monoisotopic (exact) mass is 647 g/mol. The number of ether oxygens (including phenoxy) is 3. The maximum absolute atomic E-state index is 12.7. The van der Waals surface area contributed by atoms with Crippen LogP contribution in [-0.2, 0) is 6.42 Å². The summed E-state index contributed by atoms with van der Waals surface area (Å²) in [6.07, 6.45) is 0.620. The molecule has 0 aliphatic carbocycles. The minimum atomic E-state index is -0.637. The van der Waals surface area contributed by atoms with Crippen LogP contribution in [-0.4, -0.2) is 46.9 Å². The summed E-state index contributed by atoms with van der Waals surface area (Å²) in [7, 11) is 3.15. The van der Waals surface area contributed by atoms with E-state index in [4.69, 9.17) is 42.4 Å². The van der Waals surface area contributed by atoms with Crippen molar-refractivity contribution in [3.05, 3.63) is 93.8 Å². The number of hydrogen-bond donors (Lipinski definition) is 4. The number of benzene rings is 3. The van der Waals surface area contributed by atoms with Crippen molar-refractivity contribution in [2.24, 2.45) is 0 Å². The lowest BCUT2D eigenvalue weighted by Gasteiger charge is -2.13. The van der Waals surface area contributed by atoms with Gasteiger partial charge in [0.15, 0.2) is 16.6 Å². The van der Waals surface area contributed by atoms with Crippen LogP contribution in [0, 0.1) is 0 Å². The maximum atomic E-state index is 12.7. The Balaban J connectivity index is 1.33. The van der Waals surface area contributed by atoms with Gasteiger partial charge in [-0.3, -0.25) is 5.32 Å². The molecule has 0 aliphatic rings. The van der Waals surface area contributed by atoms with Gasteiger partial charge in [0, 0.05) is 17.3 Å². The zero-order valence-electron chi connectivity index (χ0n) is 23.9. The molecule has 0 spiro atoms. The quantitative estimate of drug-likeness (QED) is 0.110. The third kappa shape index (κ3) is 8.34. The van der Waals surface area contributed by atoms with Crippen molar-refractivity contribution in [2.45, 2.75) is 6.42 Å². The van der Waals surface area contributed by atoms with Gasteiger partial charge in [0.1, 0.15) is 11.3 Å². The Hall–Kier alpha value is -5.47. The molecule has 0 fully saturated rings. The van der Waals surface area contributed by atoms with Gasteiger partial charge in [-0.15, -0.1) is 0 Å². The molecule has 5 aromatic rings. The second kappa shape index (κ2) is 14.3. The van der Waals surface area contributed by atoms with Gasteiger partial charge in [0.25, 0.3) is 0 Å². The molecule has 2 aromatic heterocycles. The summed E-state index contributed by atoms with van der Waals surface area (Å²) in [5, 5.41) is 12.4. The highest BCUT2D eigenvalue weighted by Gasteiger charge is 2.15.